The number of esters is 1. The molecular formula is C44H86NO8P. The van der Waals surface area contributed by atoms with Crippen LogP contribution in [0.15, 0.2) is 12.2 Å². The first-order valence-electron chi connectivity index (χ1n) is 22.4. The van der Waals surface area contributed by atoms with E-state index in [0.717, 1.165) is 57.8 Å². The van der Waals surface area contributed by atoms with Crippen molar-refractivity contribution in [1.82, 2.24) is 0 Å². The molecule has 0 rings (SSSR count). The highest BCUT2D eigenvalue weighted by atomic mass is 31.2. The van der Waals surface area contributed by atoms with Gasteiger partial charge in [-0.05, 0) is 38.5 Å². The Kier molecular flexibility index (Phi) is 35.5. The number of allylic oxidation sites excluding steroid dienone is 2. The lowest BCUT2D eigenvalue weighted by atomic mass is 10.0. The lowest BCUT2D eigenvalue weighted by molar-refractivity contribution is -0.870. The molecule has 0 radical (unpaired) electrons. The van der Waals surface area contributed by atoms with Crippen LogP contribution in [-0.2, 0) is 27.9 Å². The van der Waals surface area contributed by atoms with Crippen molar-refractivity contribution in [3.05, 3.63) is 12.2 Å². The monoisotopic (exact) mass is 788 g/mol. The number of Topliss-reactive ketones (excluding diaryl/α,β-unsaturated/α-hetero) is 1. The van der Waals surface area contributed by atoms with E-state index < -0.39 is 38.4 Å². The molecule has 0 fully saturated rings. The van der Waals surface area contributed by atoms with Gasteiger partial charge in [0, 0.05) is 12.8 Å². The van der Waals surface area contributed by atoms with Gasteiger partial charge in [0.2, 0.25) is 0 Å². The molecule has 0 saturated carbocycles. The number of phosphoric acid groups is 1. The number of aliphatic hydroxyl groups is 1. The van der Waals surface area contributed by atoms with E-state index in [0.29, 0.717) is 23.9 Å². The number of carbonyl (C=O) groups is 2. The lowest BCUT2D eigenvalue weighted by Crippen LogP contribution is -2.43. The molecule has 9 nitrogen and oxygen atoms in total. The zero-order valence-corrected chi connectivity index (χ0v) is 36.7. The second-order valence-corrected chi connectivity index (χ2v) is 17.9. The summed E-state index contributed by atoms with van der Waals surface area (Å²) in [5.41, 5.74) is 0. The number of carbonyl (C=O) groups excluding carboxylic acids is 2. The van der Waals surface area contributed by atoms with Gasteiger partial charge >= 0.3 is 5.97 Å². The smallest absolute Gasteiger partial charge is 0.306 e. The van der Waals surface area contributed by atoms with Crippen molar-refractivity contribution in [2.24, 2.45) is 0 Å². The van der Waals surface area contributed by atoms with Gasteiger partial charge in [-0.15, -0.1) is 0 Å². The predicted octanol–water partition coefficient (Wildman–Crippen LogP) is 11.3. The summed E-state index contributed by atoms with van der Waals surface area (Å²) in [6.07, 6.45) is 34.5. The van der Waals surface area contributed by atoms with Gasteiger partial charge in [0.15, 0.2) is 18.0 Å². The van der Waals surface area contributed by atoms with Gasteiger partial charge in [0.1, 0.15) is 13.2 Å². The van der Waals surface area contributed by atoms with E-state index in [1.807, 2.05) is 21.1 Å². The number of nitrogens with zero attached hydrogens (tertiary/aromatic N) is 1. The average Bonchev–Trinajstić information content (AvgIpc) is 3.12. The first-order chi connectivity index (χ1) is 26.0. The fourth-order valence-corrected chi connectivity index (χ4v) is 7.40. The summed E-state index contributed by atoms with van der Waals surface area (Å²) in [5.74, 6) is -1.09. The molecule has 2 unspecified atom stereocenters. The molecule has 1 N–H and O–H groups in total. The molecule has 3 atom stereocenters. The molecule has 0 aromatic rings. The number of hydrogen-bond acceptors (Lipinski definition) is 8. The third kappa shape index (κ3) is 35.3. The van der Waals surface area contributed by atoms with Crippen LogP contribution in [0.4, 0.5) is 0 Å². The fourth-order valence-electron chi connectivity index (χ4n) is 6.51. The van der Waals surface area contributed by atoms with E-state index in [2.05, 4.69) is 26.0 Å². The topological polar surface area (TPSA) is 122 Å². The number of hydrogen-bond donors (Lipinski definition) is 1. The first kappa shape index (κ1) is 52.9. The molecule has 0 spiro atoms. The van der Waals surface area contributed by atoms with Crippen molar-refractivity contribution in [1.29, 1.82) is 0 Å². The zero-order chi connectivity index (χ0) is 40.2. The fraction of sp³-hybridized carbons (Fsp3) is 0.909. The normalized spacial score (nSPS) is 14.4. The van der Waals surface area contributed by atoms with Gasteiger partial charge in [-0.25, -0.2) is 0 Å². The molecule has 0 aromatic heterocycles. The van der Waals surface area contributed by atoms with Crippen molar-refractivity contribution in [2.75, 3.05) is 40.9 Å². The maximum absolute atomic E-state index is 13.3. The number of unbranched alkanes of at least 4 members (excludes halogenated alkanes) is 25. The molecule has 54 heavy (non-hydrogen) atoms. The summed E-state index contributed by atoms with van der Waals surface area (Å²) in [6, 6.07) is 0. The molecule has 0 amide bonds. The maximum Gasteiger partial charge on any atom is 0.306 e. The Morgan fingerprint density at radius 1 is 0.630 bits per heavy atom. The zero-order valence-electron chi connectivity index (χ0n) is 35.8. The van der Waals surface area contributed by atoms with E-state index in [4.69, 9.17) is 13.8 Å². The third-order valence-corrected chi connectivity index (χ3v) is 11.0. The molecule has 10 heteroatoms. The van der Waals surface area contributed by atoms with Crippen molar-refractivity contribution >= 4 is 19.6 Å². The molecular weight excluding hydrogens is 701 g/mol. The summed E-state index contributed by atoms with van der Waals surface area (Å²) < 4.78 is 29.0. The number of phosphoric ester groups is 1. The van der Waals surface area contributed by atoms with Crippen LogP contribution in [0.25, 0.3) is 0 Å². The molecule has 0 aliphatic heterocycles. The molecule has 0 saturated heterocycles. The third-order valence-electron chi connectivity index (χ3n) is 10.0. The molecule has 0 heterocycles. The maximum atomic E-state index is 13.3. The number of ether oxygens (including phenoxy) is 1. The van der Waals surface area contributed by atoms with E-state index >= 15 is 0 Å². The molecule has 0 aliphatic carbocycles. The minimum Gasteiger partial charge on any atom is -0.756 e. The number of ketones is 1. The van der Waals surface area contributed by atoms with Gasteiger partial charge < -0.3 is 28.3 Å². The second kappa shape index (κ2) is 36.3. The highest BCUT2D eigenvalue weighted by molar-refractivity contribution is 7.45. The summed E-state index contributed by atoms with van der Waals surface area (Å²) >= 11 is 0. The number of aliphatic hydroxyl groups excluding tert-OH is 1. The Balaban J connectivity index is 4.62. The highest BCUT2D eigenvalue weighted by Gasteiger charge is 2.35. The SMILES string of the molecule is CCCCCCCC/C=C\CCCCCCCC(=O)C(OP(=O)([O-])OCC[N+](C)(C)C)[C@H](CO)OC(=O)CCCCCCCCCCCCCCCCC. The van der Waals surface area contributed by atoms with Crippen LogP contribution < -0.4 is 4.89 Å². The molecule has 0 aromatic carbocycles. The van der Waals surface area contributed by atoms with E-state index in [1.165, 1.54) is 109 Å². The largest absolute Gasteiger partial charge is 0.756 e. The van der Waals surface area contributed by atoms with Gasteiger partial charge in [0.05, 0.1) is 27.7 Å². The van der Waals surface area contributed by atoms with Gasteiger partial charge in [0.25, 0.3) is 7.82 Å². The molecule has 0 aliphatic rings. The van der Waals surface area contributed by atoms with E-state index in [-0.39, 0.29) is 19.4 Å². The average molecular weight is 788 g/mol. The van der Waals surface area contributed by atoms with Crippen LogP contribution in [-0.4, -0.2) is 74.5 Å². The van der Waals surface area contributed by atoms with Crippen molar-refractivity contribution in [3.8, 4) is 0 Å². The summed E-state index contributed by atoms with van der Waals surface area (Å²) in [7, 11) is 0.792. The Morgan fingerprint density at radius 3 is 1.43 bits per heavy atom. The van der Waals surface area contributed by atoms with Crippen LogP contribution in [0.1, 0.15) is 206 Å². The lowest BCUT2D eigenvalue weighted by Gasteiger charge is -2.32. The quantitative estimate of drug-likeness (QED) is 0.0214. The Hall–Kier alpha value is -1.09. The van der Waals surface area contributed by atoms with Crippen molar-refractivity contribution in [2.45, 2.75) is 219 Å². The number of rotatable bonds is 41. The van der Waals surface area contributed by atoms with Crippen LogP contribution in [0, 0.1) is 0 Å². The van der Waals surface area contributed by atoms with Crippen LogP contribution in [0.2, 0.25) is 0 Å². The molecule has 0 bridgehead atoms. The standard InChI is InChI=1S/C44H86NO8P/c1-6-8-10-12-14-16-18-20-22-24-26-28-30-32-34-36-41(47)44(53-54(49,50)51-39-38-45(3,4)5)42(40-46)52-43(48)37-35-33-31-29-27-25-23-21-19-17-15-13-11-9-7-2/h20,22,42,44,46H,6-19,21,23-40H2,1-5H3/b22-20-/t42-,44?/m0/s1. The van der Waals surface area contributed by atoms with Gasteiger partial charge in [-0.1, -0.05) is 167 Å². The van der Waals surface area contributed by atoms with Crippen molar-refractivity contribution < 1.29 is 42.4 Å². The predicted molar refractivity (Wildman–Crippen MR) is 222 cm³/mol. The second-order valence-electron chi connectivity index (χ2n) is 16.5. The summed E-state index contributed by atoms with van der Waals surface area (Å²) in [5, 5.41) is 10.1. The Bertz CT molecular complexity index is 953. The van der Waals surface area contributed by atoms with Crippen LogP contribution in [0.5, 0.6) is 0 Å². The van der Waals surface area contributed by atoms with Crippen LogP contribution in [0.3, 0.4) is 0 Å². The summed E-state index contributed by atoms with van der Waals surface area (Å²) in [4.78, 5) is 38.8. The first-order valence-corrected chi connectivity index (χ1v) is 23.8. The number of quaternary nitrogens is 1. The van der Waals surface area contributed by atoms with Crippen LogP contribution >= 0.6 is 7.82 Å². The van der Waals surface area contributed by atoms with Gasteiger partial charge in [-0.3, -0.25) is 14.2 Å². The highest BCUT2D eigenvalue weighted by Crippen LogP contribution is 2.41. The summed E-state index contributed by atoms with van der Waals surface area (Å²) in [6.45, 7) is 4.05. The number of likely N-dealkylation sites (N-methyl/N-ethyl adjacent to an activating group) is 1. The Labute approximate surface area is 333 Å². The van der Waals surface area contributed by atoms with Gasteiger partial charge in [-0.2, -0.15) is 0 Å². The minimum atomic E-state index is -4.92. The molecule has 320 valence electrons. The van der Waals surface area contributed by atoms with E-state index in [9.17, 15) is 24.2 Å². The van der Waals surface area contributed by atoms with Crippen molar-refractivity contribution in [3.63, 3.8) is 0 Å². The Morgan fingerprint density at radius 2 is 1.02 bits per heavy atom. The van der Waals surface area contributed by atoms with E-state index in [1.54, 1.807) is 0 Å². The minimum absolute atomic E-state index is 0.0643.